The van der Waals surface area contributed by atoms with Crippen molar-refractivity contribution in [3.05, 3.63) is 29.8 Å². The van der Waals surface area contributed by atoms with Gasteiger partial charge in [-0.05, 0) is 43.0 Å². The summed E-state index contributed by atoms with van der Waals surface area (Å²) in [7, 11) is 0. The third kappa shape index (κ3) is 2.77. The van der Waals surface area contributed by atoms with Crippen molar-refractivity contribution in [1.29, 1.82) is 0 Å². The molecule has 0 spiro atoms. The lowest BCUT2D eigenvalue weighted by atomic mass is 9.97. The van der Waals surface area contributed by atoms with Gasteiger partial charge in [0.05, 0.1) is 0 Å². The van der Waals surface area contributed by atoms with E-state index in [1.54, 1.807) is 24.3 Å². The van der Waals surface area contributed by atoms with Crippen molar-refractivity contribution >= 4 is 11.6 Å². The predicted molar refractivity (Wildman–Crippen MR) is 66.6 cm³/mol. The first-order valence-corrected chi connectivity index (χ1v) is 5.96. The molecule has 1 heterocycles. The second-order valence-electron chi connectivity index (χ2n) is 4.54. The Morgan fingerprint density at radius 1 is 1.29 bits per heavy atom. The Labute approximate surface area is 101 Å². The van der Waals surface area contributed by atoms with E-state index in [1.165, 1.54) is 0 Å². The third-order valence-corrected chi connectivity index (χ3v) is 3.32. The highest BCUT2D eigenvalue weighted by Gasteiger charge is 2.22. The summed E-state index contributed by atoms with van der Waals surface area (Å²) in [6.07, 6.45) is 1.77. The molecule has 0 aliphatic carbocycles. The fourth-order valence-electron chi connectivity index (χ4n) is 2.13. The second kappa shape index (κ2) is 5.19. The number of hydrogen-bond acceptors (Lipinski definition) is 3. The normalized spacial score (nSPS) is 17.1. The number of carbonyl (C=O) groups excluding carboxylic acids is 1. The van der Waals surface area contributed by atoms with Crippen LogP contribution in [-0.2, 0) is 0 Å². The summed E-state index contributed by atoms with van der Waals surface area (Å²) in [5, 5.41) is 9.05. The van der Waals surface area contributed by atoms with Crippen LogP contribution in [0.4, 0.5) is 5.69 Å². The number of rotatable bonds is 2. The number of aliphatic hydroxyl groups is 1. The molecule has 1 aromatic rings. The van der Waals surface area contributed by atoms with E-state index < -0.39 is 0 Å². The number of anilines is 1. The van der Waals surface area contributed by atoms with Crippen LogP contribution < -0.4 is 5.73 Å². The molecule has 17 heavy (non-hydrogen) atoms. The molecule has 0 bridgehead atoms. The van der Waals surface area contributed by atoms with E-state index in [-0.39, 0.29) is 12.5 Å². The van der Waals surface area contributed by atoms with Crippen LogP contribution in [0.5, 0.6) is 0 Å². The molecule has 3 N–H and O–H groups in total. The number of aliphatic hydroxyl groups excluding tert-OH is 1. The Kier molecular flexibility index (Phi) is 3.64. The maximum atomic E-state index is 12.1. The first-order valence-electron chi connectivity index (χ1n) is 5.96. The first-order chi connectivity index (χ1) is 8.20. The molecular weight excluding hydrogens is 216 g/mol. The van der Waals surface area contributed by atoms with Crippen LogP contribution in [0.3, 0.4) is 0 Å². The molecule has 4 nitrogen and oxygen atoms in total. The summed E-state index contributed by atoms with van der Waals surface area (Å²) in [5.74, 6) is 0.409. The maximum absolute atomic E-state index is 12.1. The van der Waals surface area contributed by atoms with Crippen LogP contribution in [0.2, 0.25) is 0 Å². The van der Waals surface area contributed by atoms with Crippen molar-refractivity contribution in [2.75, 3.05) is 25.4 Å². The Morgan fingerprint density at radius 2 is 1.88 bits per heavy atom. The SMILES string of the molecule is Nc1ccc(C(=O)N2CCC(CO)CC2)cc1. The topological polar surface area (TPSA) is 66.6 Å². The average molecular weight is 234 g/mol. The van der Waals surface area contributed by atoms with E-state index in [0.717, 1.165) is 25.9 Å². The quantitative estimate of drug-likeness (QED) is 0.753. The Bertz CT molecular complexity index is 381. The van der Waals surface area contributed by atoms with Crippen LogP contribution in [0.1, 0.15) is 23.2 Å². The van der Waals surface area contributed by atoms with Crippen molar-refractivity contribution in [2.24, 2.45) is 5.92 Å². The minimum absolute atomic E-state index is 0.0568. The molecule has 0 radical (unpaired) electrons. The minimum atomic E-state index is 0.0568. The van der Waals surface area contributed by atoms with Gasteiger partial charge in [0.25, 0.3) is 5.91 Å². The van der Waals surface area contributed by atoms with Crippen LogP contribution >= 0.6 is 0 Å². The van der Waals surface area contributed by atoms with Crippen LogP contribution in [0.15, 0.2) is 24.3 Å². The van der Waals surface area contributed by atoms with E-state index >= 15 is 0 Å². The molecule has 0 atom stereocenters. The number of carbonyl (C=O) groups is 1. The van der Waals surface area contributed by atoms with Crippen molar-refractivity contribution in [1.82, 2.24) is 4.90 Å². The zero-order valence-electron chi connectivity index (χ0n) is 9.80. The number of nitrogens with zero attached hydrogens (tertiary/aromatic N) is 1. The molecule has 2 rings (SSSR count). The van der Waals surface area contributed by atoms with Gasteiger partial charge >= 0.3 is 0 Å². The van der Waals surface area contributed by atoms with Gasteiger partial charge < -0.3 is 15.7 Å². The lowest BCUT2D eigenvalue weighted by molar-refractivity contribution is 0.0651. The van der Waals surface area contributed by atoms with Gasteiger partial charge in [-0.15, -0.1) is 0 Å². The first kappa shape index (κ1) is 11.9. The number of amides is 1. The summed E-state index contributed by atoms with van der Waals surface area (Å²) < 4.78 is 0. The summed E-state index contributed by atoms with van der Waals surface area (Å²) in [6.45, 7) is 1.69. The number of likely N-dealkylation sites (tertiary alicyclic amines) is 1. The largest absolute Gasteiger partial charge is 0.399 e. The van der Waals surface area contributed by atoms with Gasteiger partial charge in [-0.2, -0.15) is 0 Å². The van der Waals surface area contributed by atoms with E-state index in [1.807, 2.05) is 4.90 Å². The highest BCUT2D eigenvalue weighted by atomic mass is 16.3. The molecule has 1 aliphatic heterocycles. The summed E-state index contributed by atoms with van der Waals surface area (Å²) in [4.78, 5) is 14.0. The van der Waals surface area contributed by atoms with Crippen molar-refractivity contribution in [2.45, 2.75) is 12.8 Å². The second-order valence-corrected chi connectivity index (χ2v) is 4.54. The zero-order valence-corrected chi connectivity index (χ0v) is 9.80. The summed E-state index contributed by atoms with van der Waals surface area (Å²) in [6, 6.07) is 7.01. The van der Waals surface area contributed by atoms with Gasteiger partial charge in [0.15, 0.2) is 0 Å². The number of nitrogens with two attached hydrogens (primary N) is 1. The van der Waals surface area contributed by atoms with Gasteiger partial charge in [0.2, 0.25) is 0 Å². The van der Waals surface area contributed by atoms with E-state index in [9.17, 15) is 4.79 Å². The predicted octanol–water partition coefficient (Wildman–Crippen LogP) is 1.11. The lowest BCUT2D eigenvalue weighted by Crippen LogP contribution is -2.39. The van der Waals surface area contributed by atoms with E-state index in [4.69, 9.17) is 10.8 Å². The molecular formula is C13H18N2O2. The highest BCUT2D eigenvalue weighted by Crippen LogP contribution is 2.18. The van der Waals surface area contributed by atoms with Crippen LogP contribution in [-0.4, -0.2) is 35.6 Å². The molecule has 1 aromatic carbocycles. The smallest absolute Gasteiger partial charge is 0.253 e. The average Bonchev–Trinajstić information content (AvgIpc) is 2.39. The van der Waals surface area contributed by atoms with Crippen molar-refractivity contribution < 1.29 is 9.90 Å². The molecule has 0 unspecified atom stereocenters. The summed E-state index contributed by atoms with van der Waals surface area (Å²) >= 11 is 0. The zero-order chi connectivity index (χ0) is 12.3. The monoisotopic (exact) mass is 234 g/mol. The number of piperidine rings is 1. The minimum Gasteiger partial charge on any atom is -0.399 e. The molecule has 0 saturated carbocycles. The fraction of sp³-hybridized carbons (Fsp3) is 0.462. The maximum Gasteiger partial charge on any atom is 0.253 e. The van der Waals surface area contributed by atoms with Crippen molar-refractivity contribution in [3.8, 4) is 0 Å². The van der Waals surface area contributed by atoms with Crippen LogP contribution in [0, 0.1) is 5.92 Å². The van der Waals surface area contributed by atoms with Gasteiger partial charge in [-0.1, -0.05) is 0 Å². The molecule has 1 amide bonds. The van der Waals surface area contributed by atoms with Gasteiger partial charge in [-0.25, -0.2) is 0 Å². The van der Waals surface area contributed by atoms with E-state index in [0.29, 0.717) is 17.2 Å². The number of nitrogen functional groups attached to an aromatic ring is 1. The molecule has 0 aromatic heterocycles. The summed E-state index contributed by atoms with van der Waals surface area (Å²) in [5.41, 5.74) is 6.94. The van der Waals surface area contributed by atoms with E-state index in [2.05, 4.69) is 0 Å². The molecule has 1 aliphatic rings. The Hall–Kier alpha value is -1.55. The highest BCUT2D eigenvalue weighted by molar-refractivity contribution is 5.94. The van der Waals surface area contributed by atoms with Gasteiger partial charge in [0, 0.05) is 30.9 Å². The third-order valence-electron chi connectivity index (χ3n) is 3.32. The number of benzene rings is 1. The molecule has 1 fully saturated rings. The molecule has 4 heteroatoms. The standard InChI is InChI=1S/C13H18N2O2/c14-12-3-1-11(2-4-12)13(17)15-7-5-10(9-16)6-8-15/h1-4,10,16H,5-9,14H2. The van der Waals surface area contributed by atoms with Crippen molar-refractivity contribution in [3.63, 3.8) is 0 Å². The number of hydrogen-bond donors (Lipinski definition) is 2. The Morgan fingerprint density at radius 3 is 2.41 bits per heavy atom. The molecule has 1 saturated heterocycles. The molecule has 92 valence electrons. The lowest BCUT2D eigenvalue weighted by Gasteiger charge is -2.31. The fourth-order valence-corrected chi connectivity index (χ4v) is 2.13. The van der Waals surface area contributed by atoms with Gasteiger partial charge in [-0.3, -0.25) is 4.79 Å². The Balaban J connectivity index is 1.99. The van der Waals surface area contributed by atoms with Crippen LogP contribution in [0.25, 0.3) is 0 Å². The van der Waals surface area contributed by atoms with Gasteiger partial charge in [0.1, 0.15) is 0 Å².